The molecule has 0 aliphatic carbocycles. The fourth-order valence-corrected chi connectivity index (χ4v) is 5.33. The van der Waals surface area contributed by atoms with E-state index in [9.17, 15) is 4.79 Å². The summed E-state index contributed by atoms with van der Waals surface area (Å²) in [5.74, 6) is 0.519. The summed E-state index contributed by atoms with van der Waals surface area (Å²) in [6.45, 7) is 1.26. The number of benzene rings is 4. The minimum Gasteiger partial charge on any atom is -0.488 e. The highest BCUT2D eigenvalue weighted by atomic mass is 35.5. The van der Waals surface area contributed by atoms with E-state index in [1.807, 2.05) is 97.1 Å². The van der Waals surface area contributed by atoms with Crippen LogP contribution in [0.2, 0.25) is 10.0 Å². The van der Waals surface area contributed by atoms with Crippen molar-refractivity contribution in [3.8, 4) is 5.75 Å². The van der Waals surface area contributed by atoms with E-state index in [4.69, 9.17) is 32.9 Å². The van der Waals surface area contributed by atoms with Gasteiger partial charge in [0.25, 0.3) is 5.91 Å². The highest BCUT2D eigenvalue weighted by Gasteiger charge is 2.33. The predicted octanol–water partition coefficient (Wildman–Crippen LogP) is 8.25. The zero-order valence-corrected chi connectivity index (χ0v) is 22.7. The van der Waals surface area contributed by atoms with Crippen LogP contribution in [0.15, 0.2) is 113 Å². The smallest absolute Gasteiger partial charge is 0.267 e. The first-order valence-corrected chi connectivity index (χ1v) is 13.6. The maximum absolute atomic E-state index is 13.6. The molecule has 4 aromatic carbocycles. The highest BCUT2D eigenvalue weighted by molar-refractivity contribution is 8.18. The molecule has 1 fully saturated rings. The van der Waals surface area contributed by atoms with Crippen molar-refractivity contribution in [1.82, 2.24) is 4.90 Å². The Bertz CT molecular complexity index is 1490. The maximum Gasteiger partial charge on any atom is 0.267 e. The minimum atomic E-state index is -0.105. The lowest BCUT2D eigenvalue weighted by Crippen LogP contribution is -2.28. The molecule has 1 heterocycles. The number of nitrogens with zero attached hydrogens (tertiary/aromatic N) is 2. The molecule has 0 spiro atoms. The van der Waals surface area contributed by atoms with Crippen molar-refractivity contribution in [2.75, 3.05) is 0 Å². The molecule has 4 aromatic rings. The van der Waals surface area contributed by atoms with Gasteiger partial charge < -0.3 is 4.74 Å². The Morgan fingerprint density at radius 3 is 2.21 bits per heavy atom. The summed E-state index contributed by atoms with van der Waals surface area (Å²) in [5, 5.41) is 1.87. The van der Waals surface area contributed by atoms with Crippen molar-refractivity contribution >= 4 is 52.1 Å². The number of ether oxygens (including phenoxy) is 1. The molecule has 190 valence electrons. The molecule has 0 aromatic heterocycles. The van der Waals surface area contributed by atoms with Gasteiger partial charge in [-0.15, -0.1) is 0 Å². The summed E-state index contributed by atoms with van der Waals surface area (Å²) in [6.07, 6.45) is 1.83. The van der Waals surface area contributed by atoms with E-state index in [-0.39, 0.29) is 5.91 Å². The predicted molar refractivity (Wildman–Crippen MR) is 157 cm³/mol. The van der Waals surface area contributed by atoms with Crippen LogP contribution in [0.1, 0.15) is 22.3 Å². The van der Waals surface area contributed by atoms with Gasteiger partial charge in [0.1, 0.15) is 12.4 Å². The van der Waals surface area contributed by atoms with E-state index in [1.54, 1.807) is 17.0 Å². The number of hydrogen-bond donors (Lipinski definition) is 0. The average molecular weight is 560 g/mol. The lowest BCUT2D eigenvalue weighted by molar-refractivity contribution is -0.122. The minimum absolute atomic E-state index is 0.105. The Morgan fingerprint density at radius 1 is 0.789 bits per heavy atom. The standard InChI is InChI=1S/C31H24Cl2N2O2S/c32-26-13-7-12-24(16-26)21-37-28-15-14-27(33)17-25(28)18-29-30(36)35(20-23-10-5-2-6-11-23)31(38-29)34-19-22-8-3-1-4-9-22/h1-18H,19-21H2/b29-18+,34-31?. The number of carbonyl (C=O) groups is 1. The van der Waals surface area contributed by atoms with Crippen LogP contribution in [0, 0.1) is 0 Å². The molecule has 0 unspecified atom stereocenters. The normalized spacial score (nSPS) is 15.4. The first-order chi connectivity index (χ1) is 18.5. The molecule has 1 amide bonds. The zero-order chi connectivity index (χ0) is 26.3. The van der Waals surface area contributed by atoms with Gasteiger partial charge in [-0.1, -0.05) is 96.0 Å². The maximum atomic E-state index is 13.6. The molecule has 38 heavy (non-hydrogen) atoms. The van der Waals surface area contributed by atoms with Crippen molar-refractivity contribution in [3.63, 3.8) is 0 Å². The van der Waals surface area contributed by atoms with Crippen LogP contribution in [-0.4, -0.2) is 16.0 Å². The molecule has 1 saturated heterocycles. The third-order valence-electron chi connectivity index (χ3n) is 5.85. The second kappa shape index (κ2) is 12.4. The molecule has 4 nitrogen and oxygen atoms in total. The number of halogens is 2. The summed E-state index contributed by atoms with van der Waals surface area (Å²) < 4.78 is 6.11. The van der Waals surface area contributed by atoms with E-state index in [2.05, 4.69) is 0 Å². The molecule has 0 bridgehead atoms. The van der Waals surface area contributed by atoms with Gasteiger partial charge in [-0.05, 0) is 64.9 Å². The van der Waals surface area contributed by atoms with Crippen LogP contribution < -0.4 is 4.74 Å². The first kappa shape index (κ1) is 26.1. The van der Waals surface area contributed by atoms with E-state index < -0.39 is 0 Å². The van der Waals surface area contributed by atoms with Crippen LogP contribution in [0.3, 0.4) is 0 Å². The largest absolute Gasteiger partial charge is 0.488 e. The molecule has 1 aliphatic rings. The summed E-state index contributed by atoms with van der Waals surface area (Å²) in [7, 11) is 0. The molecule has 1 aliphatic heterocycles. The molecular formula is C31H24Cl2N2O2S. The molecule has 5 rings (SSSR count). The van der Waals surface area contributed by atoms with Crippen molar-refractivity contribution in [2.24, 2.45) is 4.99 Å². The Balaban J connectivity index is 1.43. The molecular weight excluding hydrogens is 535 g/mol. The average Bonchev–Trinajstić information content (AvgIpc) is 3.22. The number of amidine groups is 1. The van der Waals surface area contributed by atoms with Gasteiger partial charge in [-0.2, -0.15) is 0 Å². The zero-order valence-electron chi connectivity index (χ0n) is 20.4. The lowest BCUT2D eigenvalue weighted by Gasteiger charge is -2.15. The van der Waals surface area contributed by atoms with E-state index in [0.717, 1.165) is 22.3 Å². The SMILES string of the molecule is O=C1/C(=C\c2cc(Cl)ccc2OCc2cccc(Cl)c2)SC(=NCc2ccccc2)N1Cc1ccccc1. The van der Waals surface area contributed by atoms with E-state index in [0.29, 0.717) is 45.6 Å². The molecule has 7 heteroatoms. The topological polar surface area (TPSA) is 41.9 Å². The summed E-state index contributed by atoms with van der Waals surface area (Å²) in [4.78, 5) is 20.7. The summed E-state index contributed by atoms with van der Waals surface area (Å²) >= 11 is 13.8. The van der Waals surface area contributed by atoms with Gasteiger partial charge in [0.15, 0.2) is 5.17 Å². The van der Waals surface area contributed by atoms with Gasteiger partial charge in [0.05, 0.1) is 18.0 Å². The van der Waals surface area contributed by atoms with Gasteiger partial charge in [-0.25, -0.2) is 0 Å². The van der Waals surface area contributed by atoms with Crippen LogP contribution in [-0.2, 0) is 24.5 Å². The quantitative estimate of drug-likeness (QED) is 0.204. The van der Waals surface area contributed by atoms with Crippen LogP contribution in [0.5, 0.6) is 5.75 Å². The Kier molecular flexibility index (Phi) is 8.49. The number of rotatable bonds is 8. The highest BCUT2D eigenvalue weighted by Crippen LogP contribution is 2.36. The van der Waals surface area contributed by atoms with Gasteiger partial charge in [0.2, 0.25) is 0 Å². The molecule has 0 radical (unpaired) electrons. The van der Waals surface area contributed by atoms with Crippen LogP contribution in [0.25, 0.3) is 6.08 Å². The number of thioether (sulfide) groups is 1. The van der Waals surface area contributed by atoms with Crippen molar-refractivity contribution < 1.29 is 9.53 Å². The summed E-state index contributed by atoms with van der Waals surface area (Å²) in [6, 6.07) is 32.8. The first-order valence-electron chi connectivity index (χ1n) is 12.1. The third kappa shape index (κ3) is 6.67. The third-order valence-corrected chi connectivity index (χ3v) is 7.37. The van der Waals surface area contributed by atoms with E-state index >= 15 is 0 Å². The van der Waals surface area contributed by atoms with Gasteiger partial charge in [-0.3, -0.25) is 14.7 Å². The number of hydrogen-bond acceptors (Lipinski definition) is 4. The molecule has 0 saturated carbocycles. The number of aliphatic imine (C=N–C) groups is 1. The van der Waals surface area contributed by atoms with Crippen molar-refractivity contribution in [3.05, 3.63) is 140 Å². The lowest BCUT2D eigenvalue weighted by atomic mass is 10.1. The van der Waals surface area contributed by atoms with E-state index in [1.165, 1.54) is 11.8 Å². The van der Waals surface area contributed by atoms with Crippen molar-refractivity contribution in [2.45, 2.75) is 19.7 Å². The van der Waals surface area contributed by atoms with Crippen LogP contribution >= 0.6 is 35.0 Å². The molecule has 0 N–H and O–H groups in total. The Labute approximate surface area is 236 Å². The molecule has 0 atom stereocenters. The Hall–Kier alpha value is -3.51. The van der Waals surface area contributed by atoms with Crippen molar-refractivity contribution in [1.29, 1.82) is 0 Å². The monoisotopic (exact) mass is 558 g/mol. The fourth-order valence-electron chi connectivity index (χ4n) is 3.97. The van der Waals surface area contributed by atoms with Gasteiger partial charge >= 0.3 is 0 Å². The van der Waals surface area contributed by atoms with Gasteiger partial charge in [0, 0.05) is 15.6 Å². The Morgan fingerprint density at radius 2 is 1.47 bits per heavy atom. The number of carbonyl (C=O) groups excluding carboxylic acids is 1. The summed E-state index contributed by atoms with van der Waals surface area (Å²) in [5.41, 5.74) is 3.78. The number of amides is 1. The second-order valence-electron chi connectivity index (χ2n) is 8.67. The van der Waals surface area contributed by atoms with Crippen LogP contribution in [0.4, 0.5) is 0 Å². The second-order valence-corrected chi connectivity index (χ2v) is 10.6. The fraction of sp³-hybridized carbons (Fsp3) is 0.0968.